The summed E-state index contributed by atoms with van der Waals surface area (Å²) in [5.74, 6) is -1.01. The number of anilines is 1. The molecule has 0 aliphatic carbocycles. The van der Waals surface area contributed by atoms with Crippen LogP contribution in [0.2, 0.25) is 5.02 Å². The third-order valence-corrected chi connectivity index (χ3v) is 5.64. The molecule has 1 aliphatic heterocycles. The van der Waals surface area contributed by atoms with Crippen LogP contribution in [-0.4, -0.2) is 26.7 Å². The number of carbonyl (C=O) groups is 2. The molecule has 1 unspecified atom stereocenters. The lowest BCUT2D eigenvalue weighted by Gasteiger charge is -2.15. The zero-order chi connectivity index (χ0) is 24.7. The van der Waals surface area contributed by atoms with Gasteiger partial charge in [-0.1, -0.05) is 23.7 Å². The Bertz CT molecular complexity index is 1470. The lowest BCUT2D eigenvalue weighted by atomic mass is 10.1. The zero-order valence-corrected chi connectivity index (χ0v) is 18.3. The van der Waals surface area contributed by atoms with Gasteiger partial charge in [0.1, 0.15) is 6.17 Å². The van der Waals surface area contributed by atoms with Crippen molar-refractivity contribution in [1.29, 1.82) is 0 Å². The van der Waals surface area contributed by atoms with Gasteiger partial charge in [-0.05, 0) is 36.4 Å². The van der Waals surface area contributed by atoms with Gasteiger partial charge in [-0.15, -0.1) is 0 Å². The maximum absolute atomic E-state index is 14.1. The molecule has 1 saturated heterocycles. The summed E-state index contributed by atoms with van der Waals surface area (Å²) in [4.78, 5) is 28.4. The molecule has 0 radical (unpaired) electrons. The molecular formula is C22H15ClF3N7O2. The first-order valence-electron chi connectivity index (χ1n) is 10.1. The monoisotopic (exact) mass is 501 g/mol. The Morgan fingerprint density at radius 3 is 2.69 bits per heavy atom. The molecule has 3 heterocycles. The van der Waals surface area contributed by atoms with Gasteiger partial charge in [0.25, 0.3) is 5.91 Å². The van der Waals surface area contributed by atoms with E-state index in [9.17, 15) is 22.8 Å². The van der Waals surface area contributed by atoms with E-state index in [1.165, 1.54) is 30.5 Å². The number of alkyl halides is 3. The molecule has 35 heavy (non-hydrogen) atoms. The second kappa shape index (κ2) is 8.56. The standard InChI is InChI=1S/C22H15ClF3N7O2/c23-15-9-11(6-7-12(15)19-30-21(35)32-31-19)29-20(34)14-10-28-33(18(14)22(24,25)26)17-5-1-4-16-13(17)3-2-8-27-16/h1-10,19,31H,(H,29,34)(H2,30,32,35). The van der Waals surface area contributed by atoms with Gasteiger partial charge in [-0.2, -0.15) is 18.3 Å². The predicted octanol–water partition coefficient (Wildman–Crippen LogP) is 4.16. The summed E-state index contributed by atoms with van der Waals surface area (Å²) in [6.07, 6.45) is -3.09. The Morgan fingerprint density at radius 2 is 1.97 bits per heavy atom. The van der Waals surface area contributed by atoms with Crippen LogP contribution in [-0.2, 0) is 6.18 Å². The van der Waals surface area contributed by atoms with Crippen molar-refractivity contribution in [3.8, 4) is 5.69 Å². The number of pyridine rings is 1. The minimum atomic E-state index is -4.88. The lowest BCUT2D eigenvalue weighted by Crippen LogP contribution is -2.26. The Labute approximate surface area is 200 Å². The number of carbonyl (C=O) groups excluding carboxylic acids is 2. The molecule has 5 rings (SSSR count). The second-order valence-corrected chi connectivity index (χ2v) is 7.94. The van der Waals surface area contributed by atoms with Crippen LogP contribution in [0.5, 0.6) is 0 Å². The number of rotatable bonds is 4. The average Bonchev–Trinajstić information content (AvgIpc) is 3.45. The van der Waals surface area contributed by atoms with Crippen LogP contribution in [0.3, 0.4) is 0 Å². The van der Waals surface area contributed by atoms with E-state index in [1.54, 1.807) is 24.3 Å². The van der Waals surface area contributed by atoms with Crippen molar-refractivity contribution in [3.63, 3.8) is 0 Å². The van der Waals surface area contributed by atoms with Gasteiger partial charge in [0, 0.05) is 27.9 Å². The first-order valence-corrected chi connectivity index (χ1v) is 10.5. The van der Waals surface area contributed by atoms with Gasteiger partial charge >= 0.3 is 12.2 Å². The van der Waals surface area contributed by atoms with Crippen LogP contribution in [0.4, 0.5) is 23.7 Å². The molecule has 4 aromatic rings. The van der Waals surface area contributed by atoms with Crippen molar-refractivity contribution < 1.29 is 22.8 Å². The molecule has 0 spiro atoms. The highest BCUT2D eigenvalue weighted by atomic mass is 35.5. The molecular weight excluding hydrogens is 487 g/mol. The molecule has 13 heteroatoms. The summed E-state index contributed by atoms with van der Waals surface area (Å²) in [6, 6.07) is 11.8. The van der Waals surface area contributed by atoms with E-state index < -0.39 is 35.5 Å². The quantitative estimate of drug-likeness (QED) is 0.335. The van der Waals surface area contributed by atoms with Crippen molar-refractivity contribution in [2.24, 2.45) is 0 Å². The summed E-state index contributed by atoms with van der Waals surface area (Å²) in [6.45, 7) is 0. The molecule has 2 aromatic heterocycles. The van der Waals surface area contributed by atoms with Crippen molar-refractivity contribution in [1.82, 2.24) is 30.9 Å². The maximum atomic E-state index is 14.1. The molecule has 0 saturated carbocycles. The Kier molecular flexibility index (Phi) is 5.53. The fraction of sp³-hybridized carbons (Fsp3) is 0.0909. The van der Waals surface area contributed by atoms with Gasteiger partial charge in [-0.25, -0.2) is 14.9 Å². The molecule has 1 atom stereocenters. The minimum absolute atomic E-state index is 0.133. The van der Waals surface area contributed by atoms with Crippen molar-refractivity contribution in [2.45, 2.75) is 12.3 Å². The predicted molar refractivity (Wildman–Crippen MR) is 121 cm³/mol. The van der Waals surface area contributed by atoms with Gasteiger partial charge in [-0.3, -0.25) is 15.2 Å². The number of benzene rings is 2. The highest BCUT2D eigenvalue weighted by Crippen LogP contribution is 2.35. The summed E-state index contributed by atoms with van der Waals surface area (Å²) in [7, 11) is 0. The Morgan fingerprint density at radius 1 is 1.14 bits per heavy atom. The highest BCUT2D eigenvalue weighted by molar-refractivity contribution is 6.31. The number of hydrazine groups is 1. The number of halogens is 4. The zero-order valence-electron chi connectivity index (χ0n) is 17.5. The first kappa shape index (κ1) is 22.6. The molecule has 178 valence electrons. The van der Waals surface area contributed by atoms with E-state index in [-0.39, 0.29) is 16.4 Å². The van der Waals surface area contributed by atoms with Crippen LogP contribution in [0, 0.1) is 0 Å². The lowest BCUT2D eigenvalue weighted by molar-refractivity contribution is -0.143. The van der Waals surface area contributed by atoms with Gasteiger partial charge < -0.3 is 10.6 Å². The Balaban J connectivity index is 1.49. The average molecular weight is 502 g/mol. The maximum Gasteiger partial charge on any atom is 0.434 e. The minimum Gasteiger partial charge on any atom is -0.322 e. The largest absolute Gasteiger partial charge is 0.434 e. The van der Waals surface area contributed by atoms with E-state index in [4.69, 9.17) is 11.6 Å². The van der Waals surface area contributed by atoms with E-state index in [0.29, 0.717) is 21.1 Å². The number of amides is 3. The number of fused-ring (bicyclic) bond motifs is 1. The Hall–Kier alpha value is -4.16. The molecule has 2 aromatic carbocycles. The fourth-order valence-corrected chi connectivity index (χ4v) is 4.07. The normalized spacial score (nSPS) is 15.7. The number of hydrogen-bond acceptors (Lipinski definition) is 5. The number of nitrogens with one attached hydrogen (secondary N) is 4. The molecule has 4 N–H and O–H groups in total. The van der Waals surface area contributed by atoms with Crippen molar-refractivity contribution in [3.05, 3.63) is 82.8 Å². The van der Waals surface area contributed by atoms with E-state index >= 15 is 0 Å². The van der Waals surface area contributed by atoms with E-state index in [0.717, 1.165) is 6.20 Å². The number of aromatic nitrogens is 3. The van der Waals surface area contributed by atoms with Crippen LogP contribution < -0.4 is 21.5 Å². The number of nitrogens with zero attached hydrogens (tertiary/aromatic N) is 3. The topological polar surface area (TPSA) is 113 Å². The van der Waals surface area contributed by atoms with E-state index in [1.807, 2.05) is 0 Å². The summed E-state index contributed by atoms with van der Waals surface area (Å²) in [5.41, 5.74) is 4.44. The van der Waals surface area contributed by atoms with Crippen LogP contribution in [0.15, 0.2) is 60.9 Å². The van der Waals surface area contributed by atoms with Gasteiger partial charge in [0.15, 0.2) is 5.69 Å². The second-order valence-electron chi connectivity index (χ2n) is 7.53. The summed E-state index contributed by atoms with van der Waals surface area (Å²) in [5, 5.41) is 9.51. The van der Waals surface area contributed by atoms with Crippen LogP contribution >= 0.6 is 11.6 Å². The highest BCUT2D eigenvalue weighted by Gasteiger charge is 2.41. The number of hydrogen-bond donors (Lipinski definition) is 4. The third-order valence-electron chi connectivity index (χ3n) is 5.31. The molecule has 1 fully saturated rings. The summed E-state index contributed by atoms with van der Waals surface area (Å²) >= 11 is 6.26. The smallest absolute Gasteiger partial charge is 0.322 e. The molecule has 3 amide bonds. The third kappa shape index (κ3) is 4.24. The van der Waals surface area contributed by atoms with Crippen molar-refractivity contribution in [2.75, 3.05) is 5.32 Å². The first-order chi connectivity index (χ1) is 16.7. The fourth-order valence-electron chi connectivity index (χ4n) is 3.78. The molecule has 0 bridgehead atoms. The molecule has 1 aliphatic rings. The van der Waals surface area contributed by atoms with E-state index in [2.05, 4.69) is 31.6 Å². The van der Waals surface area contributed by atoms with Crippen LogP contribution in [0.25, 0.3) is 16.6 Å². The van der Waals surface area contributed by atoms with Crippen molar-refractivity contribution >= 4 is 40.1 Å². The summed E-state index contributed by atoms with van der Waals surface area (Å²) < 4.78 is 43.1. The van der Waals surface area contributed by atoms with Gasteiger partial charge in [0.2, 0.25) is 0 Å². The van der Waals surface area contributed by atoms with Crippen LogP contribution in [0.1, 0.15) is 27.8 Å². The molecule has 9 nitrogen and oxygen atoms in total. The SMILES string of the molecule is O=C1NNC(c2ccc(NC(=O)c3cnn(-c4cccc5ncccc45)c3C(F)(F)F)cc2Cl)N1. The number of urea groups is 1. The van der Waals surface area contributed by atoms with Gasteiger partial charge in [0.05, 0.1) is 23.0 Å².